The Morgan fingerprint density at radius 3 is 1.17 bits per heavy atom. The van der Waals surface area contributed by atoms with Crippen molar-refractivity contribution in [3.8, 4) is 0 Å². The predicted molar refractivity (Wildman–Crippen MR) is 92.5 cm³/mol. The fourth-order valence-corrected chi connectivity index (χ4v) is 10.9. The molecule has 132 valence electrons. The van der Waals surface area contributed by atoms with Crippen molar-refractivity contribution >= 4 is 36.2 Å². The van der Waals surface area contributed by atoms with Crippen LogP contribution in [-0.2, 0) is 86.6 Å². The van der Waals surface area contributed by atoms with Gasteiger partial charge in [0.15, 0.2) is 0 Å². The SMILES string of the molecule is CO[Si]1O[Si](OC)O[Si](C)[Si](C)O1.[CH2-]CCC.[CH2-]CCC.[Y].[Y]. The van der Waals surface area contributed by atoms with E-state index in [4.69, 9.17) is 21.2 Å². The fraction of sp³-hybridized carbons (Fsp3) is 0.833. The Balaban J connectivity index is -0.000000153. The molecule has 0 bridgehead atoms. The average molecular weight is 545 g/mol. The Hall–Kier alpha value is 2.88. The Morgan fingerprint density at radius 2 is 1.00 bits per heavy atom. The second kappa shape index (κ2) is 24.9. The molecule has 1 saturated heterocycles. The van der Waals surface area contributed by atoms with Gasteiger partial charge in [0, 0.05) is 79.6 Å². The summed E-state index contributed by atoms with van der Waals surface area (Å²) in [5, 5.41) is 0. The van der Waals surface area contributed by atoms with Crippen LogP contribution in [0.4, 0.5) is 0 Å². The van der Waals surface area contributed by atoms with Gasteiger partial charge in [0.2, 0.25) is 17.1 Å². The summed E-state index contributed by atoms with van der Waals surface area (Å²) in [7, 11) is -1.80. The largest absolute Gasteiger partial charge is 0.558 e. The molecule has 1 heterocycles. The van der Waals surface area contributed by atoms with Crippen LogP contribution in [0, 0.1) is 13.8 Å². The van der Waals surface area contributed by atoms with Gasteiger partial charge in [-0.05, 0) is 13.1 Å². The van der Waals surface area contributed by atoms with Crippen LogP contribution < -0.4 is 0 Å². The first kappa shape index (κ1) is 33.5. The molecule has 1 rings (SSSR count). The molecule has 0 aliphatic carbocycles. The Bertz CT molecular complexity index is 200. The van der Waals surface area contributed by atoms with Crippen molar-refractivity contribution in [1.82, 2.24) is 0 Å². The maximum Gasteiger partial charge on any atom is 0.558 e. The quantitative estimate of drug-likeness (QED) is 0.403. The van der Waals surface area contributed by atoms with Gasteiger partial charge < -0.3 is 35.0 Å². The molecular weight excluding hydrogens is 514 g/mol. The van der Waals surface area contributed by atoms with Crippen molar-refractivity contribution in [3.05, 3.63) is 13.8 Å². The van der Waals surface area contributed by atoms with E-state index in [2.05, 4.69) is 40.8 Å². The maximum absolute atomic E-state index is 5.63. The second-order valence-corrected chi connectivity index (χ2v) is 14.7. The van der Waals surface area contributed by atoms with E-state index in [1.165, 1.54) is 12.8 Å². The van der Waals surface area contributed by atoms with Crippen molar-refractivity contribution in [1.29, 1.82) is 0 Å². The zero-order chi connectivity index (χ0) is 16.7. The van der Waals surface area contributed by atoms with E-state index in [9.17, 15) is 0 Å². The molecule has 11 heteroatoms. The molecule has 0 aromatic heterocycles. The van der Waals surface area contributed by atoms with Crippen molar-refractivity contribution in [2.24, 2.45) is 0 Å². The second-order valence-electron chi connectivity index (χ2n) is 4.03. The zero-order valence-electron chi connectivity index (χ0n) is 15.4. The Labute approximate surface area is 201 Å². The van der Waals surface area contributed by atoms with Crippen LogP contribution in [0.2, 0.25) is 13.1 Å². The molecule has 0 unspecified atom stereocenters. The molecule has 0 spiro atoms. The number of hydrogen-bond donors (Lipinski definition) is 0. The minimum Gasteiger partial charge on any atom is -0.413 e. The summed E-state index contributed by atoms with van der Waals surface area (Å²) < 4.78 is 26.8. The molecule has 0 atom stereocenters. The van der Waals surface area contributed by atoms with Gasteiger partial charge in [-0.2, -0.15) is 12.8 Å². The van der Waals surface area contributed by atoms with Crippen molar-refractivity contribution in [2.75, 3.05) is 14.2 Å². The zero-order valence-corrected chi connectivity index (χ0v) is 25.1. The van der Waals surface area contributed by atoms with E-state index in [1.807, 2.05) is 0 Å². The third-order valence-corrected chi connectivity index (χ3v) is 13.8. The first-order valence-corrected chi connectivity index (χ1v) is 14.4. The number of hydrogen-bond acceptors (Lipinski definition) is 5. The van der Waals surface area contributed by atoms with Crippen LogP contribution in [0.15, 0.2) is 0 Å². The van der Waals surface area contributed by atoms with Gasteiger partial charge >= 0.3 is 19.1 Å². The molecule has 0 aromatic rings. The summed E-state index contributed by atoms with van der Waals surface area (Å²) in [4.78, 5) is 0. The van der Waals surface area contributed by atoms with E-state index in [1.54, 1.807) is 14.2 Å². The van der Waals surface area contributed by atoms with Crippen LogP contribution in [0.3, 0.4) is 0 Å². The van der Waals surface area contributed by atoms with Gasteiger partial charge in [-0.3, -0.25) is 0 Å². The van der Waals surface area contributed by atoms with Gasteiger partial charge in [0.25, 0.3) is 0 Å². The van der Waals surface area contributed by atoms with E-state index in [0.717, 1.165) is 12.8 Å². The molecule has 1 aliphatic rings. The van der Waals surface area contributed by atoms with Crippen LogP contribution in [0.5, 0.6) is 0 Å². The fourth-order valence-electron chi connectivity index (χ4n) is 0.670. The summed E-state index contributed by atoms with van der Waals surface area (Å²) in [6, 6.07) is 0. The van der Waals surface area contributed by atoms with E-state index in [0.29, 0.717) is 0 Å². The monoisotopic (exact) mass is 544 g/mol. The average Bonchev–Trinajstić information content (AvgIpc) is 2.66. The first-order valence-electron chi connectivity index (χ1n) is 7.11. The molecule has 6 radical (unpaired) electrons. The number of rotatable bonds is 4. The van der Waals surface area contributed by atoms with Gasteiger partial charge in [-0.15, -0.1) is 0 Å². The number of unbranched alkanes of at least 4 members (excludes halogenated alkanes) is 2. The predicted octanol–water partition coefficient (Wildman–Crippen LogP) is 2.87. The minimum absolute atomic E-state index is 0. The molecule has 0 saturated carbocycles. The Kier molecular flexibility index (Phi) is 36.2. The normalized spacial score (nSPS) is 16.7. The summed E-state index contributed by atoms with van der Waals surface area (Å²) >= 11 is 0. The molecule has 5 nitrogen and oxygen atoms in total. The Morgan fingerprint density at radius 1 is 0.739 bits per heavy atom. The van der Waals surface area contributed by atoms with Crippen molar-refractivity contribution in [2.45, 2.75) is 52.6 Å². The van der Waals surface area contributed by atoms with E-state index in [-0.39, 0.29) is 65.4 Å². The first-order chi connectivity index (χ1) is 10.00. The summed E-state index contributed by atoms with van der Waals surface area (Å²) in [5.74, 6) is 0. The van der Waals surface area contributed by atoms with Crippen molar-refractivity contribution in [3.63, 3.8) is 0 Å². The molecule has 23 heavy (non-hydrogen) atoms. The van der Waals surface area contributed by atoms with Gasteiger partial charge in [-0.1, -0.05) is 26.7 Å². The molecule has 1 aliphatic heterocycles. The van der Waals surface area contributed by atoms with Crippen LogP contribution >= 0.6 is 0 Å². The maximum atomic E-state index is 5.63. The van der Waals surface area contributed by atoms with E-state index >= 15 is 0 Å². The minimum atomic E-state index is -1.60. The molecule has 0 amide bonds. The molecule has 0 aromatic carbocycles. The van der Waals surface area contributed by atoms with Gasteiger partial charge in [-0.25, -0.2) is 0 Å². The molecule has 1 fully saturated rings. The van der Waals surface area contributed by atoms with Crippen LogP contribution in [0.25, 0.3) is 0 Å². The smallest absolute Gasteiger partial charge is 0.413 e. The van der Waals surface area contributed by atoms with Crippen LogP contribution in [-0.4, -0.2) is 50.4 Å². The standard InChI is InChI=1S/C4H12O5Si4.2C4H9.2Y/c1-5-12-7-10(3)11(4)8-13(6-2)9-12;2*1-3-4-2;;/h1-4H3;2*1,3-4H2,2H3;;/q;2*-1;;. The summed E-state index contributed by atoms with van der Waals surface area (Å²) in [6.45, 7) is 15.6. The molecular formula is C12H30O5Si4Y2-2. The van der Waals surface area contributed by atoms with Gasteiger partial charge in [0.05, 0.1) is 0 Å². The van der Waals surface area contributed by atoms with E-state index < -0.39 is 36.2 Å². The summed E-state index contributed by atoms with van der Waals surface area (Å²) in [5.41, 5.74) is 0. The topological polar surface area (TPSA) is 46.2 Å². The molecule has 0 N–H and O–H groups in total. The van der Waals surface area contributed by atoms with Crippen LogP contribution in [0.1, 0.15) is 39.5 Å². The van der Waals surface area contributed by atoms with Crippen molar-refractivity contribution < 1.29 is 86.6 Å². The third-order valence-electron chi connectivity index (χ3n) is 2.18. The van der Waals surface area contributed by atoms with Gasteiger partial charge in [0.1, 0.15) is 0 Å². The third kappa shape index (κ3) is 21.0. The summed E-state index contributed by atoms with van der Waals surface area (Å²) in [6.07, 6.45) is 4.56.